The Balaban J connectivity index is 1.36. The van der Waals surface area contributed by atoms with Gasteiger partial charge in [0.2, 0.25) is 5.91 Å². The summed E-state index contributed by atoms with van der Waals surface area (Å²) >= 11 is 0. The van der Waals surface area contributed by atoms with Crippen LogP contribution in [0.3, 0.4) is 0 Å². The third-order valence-electron chi connectivity index (χ3n) is 7.74. The smallest absolute Gasteiger partial charge is 0.255 e. The maximum absolute atomic E-state index is 13.0. The third kappa shape index (κ3) is 5.80. The minimum Gasteiger partial charge on any atom is -0.493 e. The molecule has 2 amide bonds. The van der Waals surface area contributed by atoms with Crippen molar-refractivity contribution >= 4 is 11.8 Å². The summed E-state index contributed by atoms with van der Waals surface area (Å²) in [5, 5.41) is 7.49. The highest BCUT2D eigenvalue weighted by molar-refractivity contribution is 5.96. The van der Waals surface area contributed by atoms with Crippen LogP contribution in [-0.2, 0) is 18.3 Å². The van der Waals surface area contributed by atoms with E-state index in [0.717, 1.165) is 69.3 Å². The molecule has 2 aliphatic heterocycles. The van der Waals surface area contributed by atoms with Crippen molar-refractivity contribution in [2.75, 3.05) is 26.2 Å². The van der Waals surface area contributed by atoms with E-state index in [0.29, 0.717) is 30.9 Å². The predicted octanol–water partition coefficient (Wildman–Crippen LogP) is 4.04. The molecule has 2 aromatic rings. The Kier molecular flexibility index (Phi) is 7.91. The minimum absolute atomic E-state index is 0.0518. The zero-order valence-corrected chi connectivity index (χ0v) is 20.6. The summed E-state index contributed by atoms with van der Waals surface area (Å²) in [5.74, 6) is 0.815. The molecule has 1 fully saturated rings. The molecule has 34 heavy (non-hydrogen) atoms. The Hall–Kier alpha value is -2.83. The molecule has 4 rings (SSSR count). The lowest BCUT2D eigenvalue weighted by molar-refractivity contribution is -0.133. The number of hydrogen-bond donors (Lipinski definition) is 1. The number of carbonyl (C=O) groups is 2. The van der Waals surface area contributed by atoms with Crippen molar-refractivity contribution in [1.29, 1.82) is 0 Å². The molecule has 1 aromatic carbocycles. The lowest BCUT2D eigenvalue weighted by atomic mass is 9.74. The van der Waals surface area contributed by atoms with Crippen LogP contribution < -0.4 is 10.1 Å². The number of nitrogens with one attached hydrogen (secondary N) is 1. The van der Waals surface area contributed by atoms with Crippen molar-refractivity contribution in [2.45, 2.75) is 64.7 Å². The molecule has 0 radical (unpaired) electrons. The van der Waals surface area contributed by atoms with E-state index in [9.17, 15) is 9.59 Å². The summed E-state index contributed by atoms with van der Waals surface area (Å²) in [6.07, 6.45) is 10.5. The maximum Gasteiger partial charge on any atom is 0.255 e. The summed E-state index contributed by atoms with van der Waals surface area (Å²) in [5.41, 5.74) is 2.93. The van der Waals surface area contributed by atoms with E-state index in [-0.39, 0.29) is 17.2 Å². The summed E-state index contributed by atoms with van der Waals surface area (Å²) in [6.45, 7) is 4.87. The molecule has 0 bridgehead atoms. The number of aryl methyl sites for hydroxylation is 2. The van der Waals surface area contributed by atoms with Crippen LogP contribution in [0.25, 0.3) is 0 Å². The molecule has 1 saturated heterocycles. The molecular weight excluding hydrogens is 428 g/mol. The summed E-state index contributed by atoms with van der Waals surface area (Å²) in [6, 6.07) is 7.50. The fourth-order valence-electron chi connectivity index (χ4n) is 5.22. The summed E-state index contributed by atoms with van der Waals surface area (Å²) in [4.78, 5) is 27.9. The van der Waals surface area contributed by atoms with Gasteiger partial charge in [-0.1, -0.05) is 31.4 Å². The number of likely N-dealkylation sites (tertiary alicyclic amines) is 1. The Labute approximate surface area is 202 Å². The number of fused-ring (bicyclic) bond motifs is 1. The first-order valence-corrected chi connectivity index (χ1v) is 12.7. The average molecular weight is 467 g/mol. The molecule has 0 aliphatic carbocycles. The first kappa shape index (κ1) is 24.3. The van der Waals surface area contributed by atoms with Crippen molar-refractivity contribution in [1.82, 2.24) is 20.0 Å². The molecule has 0 atom stereocenters. The normalized spacial score (nSPS) is 19.2. The van der Waals surface area contributed by atoms with Gasteiger partial charge in [-0.05, 0) is 62.1 Å². The Morgan fingerprint density at radius 1 is 1.12 bits per heavy atom. The second kappa shape index (κ2) is 11.1. The van der Waals surface area contributed by atoms with E-state index < -0.39 is 0 Å². The number of hydrogen-bond acceptors (Lipinski definition) is 4. The number of nitrogens with zero attached hydrogens (tertiary/aromatic N) is 3. The van der Waals surface area contributed by atoms with Crippen LogP contribution in [0.5, 0.6) is 5.75 Å². The van der Waals surface area contributed by atoms with E-state index in [2.05, 4.69) is 10.4 Å². The van der Waals surface area contributed by atoms with Gasteiger partial charge in [0.1, 0.15) is 5.75 Å². The number of carbonyl (C=O) groups excluding carboxylic acids is 2. The standard InChI is InChI=1S/C27H38N4O3/c1-21-22(19-29-30(21)2)11-12-25(32)31-16-14-27(15-17-31)13-7-3-4-8-18-34-24-10-6-5-9-23(24)26(33)28-20-27/h5-6,9-10,19H,3-4,7-8,11-18,20H2,1-2H3,(H,28,33). The van der Waals surface area contributed by atoms with Gasteiger partial charge in [0.15, 0.2) is 0 Å². The van der Waals surface area contributed by atoms with Crippen LogP contribution in [0.1, 0.15) is 73.0 Å². The number of aromatic nitrogens is 2. The average Bonchev–Trinajstić information content (AvgIpc) is 3.18. The van der Waals surface area contributed by atoms with Crippen molar-refractivity contribution < 1.29 is 14.3 Å². The van der Waals surface area contributed by atoms with Gasteiger partial charge in [0, 0.05) is 38.8 Å². The lowest BCUT2D eigenvalue weighted by Gasteiger charge is -2.42. The molecule has 7 heteroatoms. The van der Waals surface area contributed by atoms with Crippen LogP contribution >= 0.6 is 0 Å². The minimum atomic E-state index is -0.0698. The number of piperidine rings is 1. The zero-order valence-electron chi connectivity index (χ0n) is 20.6. The molecule has 3 heterocycles. The van der Waals surface area contributed by atoms with Gasteiger partial charge in [-0.3, -0.25) is 14.3 Å². The topological polar surface area (TPSA) is 76.5 Å². The van der Waals surface area contributed by atoms with Gasteiger partial charge in [0.05, 0.1) is 18.4 Å². The maximum atomic E-state index is 13.0. The lowest BCUT2D eigenvalue weighted by Crippen LogP contribution is -2.48. The van der Waals surface area contributed by atoms with Crippen LogP contribution in [0.4, 0.5) is 0 Å². The molecule has 1 N–H and O–H groups in total. The number of ether oxygens (including phenoxy) is 1. The van der Waals surface area contributed by atoms with E-state index in [4.69, 9.17) is 4.74 Å². The third-order valence-corrected chi connectivity index (χ3v) is 7.74. The second-order valence-electron chi connectivity index (χ2n) is 9.95. The van der Waals surface area contributed by atoms with Crippen molar-refractivity contribution in [3.05, 3.63) is 47.3 Å². The molecule has 2 aliphatic rings. The van der Waals surface area contributed by atoms with Gasteiger partial charge in [-0.2, -0.15) is 5.10 Å². The van der Waals surface area contributed by atoms with Crippen LogP contribution in [0.2, 0.25) is 0 Å². The van der Waals surface area contributed by atoms with Gasteiger partial charge >= 0.3 is 0 Å². The van der Waals surface area contributed by atoms with Gasteiger partial charge < -0.3 is 15.0 Å². The highest BCUT2D eigenvalue weighted by Crippen LogP contribution is 2.37. The zero-order chi connectivity index (χ0) is 24.0. The molecule has 1 aromatic heterocycles. The summed E-state index contributed by atoms with van der Waals surface area (Å²) in [7, 11) is 1.93. The van der Waals surface area contributed by atoms with Gasteiger partial charge in [-0.25, -0.2) is 0 Å². The van der Waals surface area contributed by atoms with Crippen LogP contribution in [0, 0.1) is 12.3 Å². The molecule has 1 spiro atoms. The second-order valence-corrected chi connectivity index (χ2v) is 9.95. The number of rotatable bonds is 3. The Bertz CT molecular complexity index is 992. The monoisotopic (exact) mass is 466 g/mol. The summed E-state index contributed by atoms with van der Waals surface area (Å²) < 4.78 is 7.76. The largest absolute Gasteiger partial charge is 0.493 e. The molecule has 184 valence electrons. The van der Waals surface area contributed by atoms with Crippen molar-refractivity contribution in [3.8, 4) is 5.75 Å². The number of amides is 2. The first-order chi connectivity index (χ1) is 16.5. The molecule has 0 unspecified atom stereocenters. The number of para-hydroxylation sites is 1. The predicted molar refractivity (Wildman–Crippen MR) is 132 cm³/mol. The van der Waals surface area contributed by atoms with Crippen LogP contribution in [-0.4, -0.2) is 52.7 Å². The van der Waals surface area contributed by atoms with Gasteiger partial charge in [0.25, 0.3) is 5.91 Å². The Morgan fingerprint density at radius 2 is 1.88 bits per heavy atom. The first-order valence-electron chi connectivity index (χ1n) is 12.7. The highest BCUT2D eigenvalue weighted by Gasteiger charge is 2.36. The van der Waals surface area contributed by atoms with E-state index in [1.165, 1.54) is 6.42 Å². The van der Waals surface area contributed by atoms with E-state index in [1.807, 2.05) is 54.0 Å². The van der Waals surface area contributed by atoms with Crippen molar-refractivity contribution in [2.24, 2.45) is 12.5 Å². The quantitative estimate of drug-likeness (QED) is 0.741. The fraction of sp³-hybridized carbons (Fsp3) is 0.593. The number of benzene rings is 1. The van der Waals surface area contributed by atoms with E-state index in [1.54, 1.807) is 0 Å². The highest BCUT2D eigenvalue weighted by atomic mass is 16.5. The SMILES string of the molecule is Cc1c(CCC(=O)N2CCC3(CCCCCCOc4ccccc4C(=O)NC3)CC2)cnn1C. The fourth-order valence-corrected chi connectivity index (χ4v) is 5.22. The molecular formula is C27H38N4O3. The van der Waals surface area contributed by atoms with Gasteiger partial charge in [-0.15, -0.1) is 0 Å². The van der Waals surface area contributed by atoms with Crippen LogP contribution in [0.15, 0.2) is 30.5 Å². The Morgan fingerprint density at radius 3 is 2.65 bits per heavy atom. The molecule has 7 nitrogen and oxygen atoms in total. The molecule has 0 saturated carbocycles. The van der Waals surface area contributed by atoms with Crippen molar-refractivity contribution in [3.63, 3.8) is 0 Å². The van der Waals surface area contributed by atoms with E-state index >= 15 is 0 Å².